The van der Waals surface area contributed by atoms with E-state index in [1.54, 1.807) is 48.5 Å². The van der Waals surface area contributed by atoms with Gasteiger partial charge >= 0.3 is 5.97 Å². The second-order valence-corrected chi connectivity index (χ2v) is 8.08. The second-order valence-electron chi connectivity index (χ2n) is 7.64. The summed E-state index contributed by atoms with van der Waals surface area (Å²) >= 11 is 6.11. The number of ether oxygens (including phenoxy) is 1. The summed E-state index contributed by atoms with van der Waals surface area (Å²) in [5.74, 6) is -0.615. The predicted molar refractivity (Wildman–Crippen MR) is 123 cm³/mol. The van der Waals surface area contributed by atoms with Gasteiger partial charge in [0, 0.05) is 10.7 Å². The van der Waals surface area contributed by atoms with Gasteiger partial charge < -0.3 is 9.15 Å². The molecule has 0 N–H and O–H groups in total. The number of halogens is 1. The average molecular weight is 461 g/mol. The molecule has 4 aromatic rings. The van der Waals surface area contributed by atoms with Crippen molar-refractivity contribution in [2.45, 2.75) is 13.0 Å². The molecule has 1 amide bonds. The van der Waals surface area contributed by atoms with Gasteiger partial charge in [-0.15, -0.1) is 0 Å². The lowest BCUT2D eigenvalue weighted by atomic mass is 9.97. The number of rotatable bonds is 3. The van der Waals surface area contributed by atoms with Crippen molar-refractivity contribution in [1.29, 1.82) is 0 Å². The molecule has 1 aliphatic heterocycles. The van der Waals surface area contributed by atoms with Crippen molar-refractivity contribution in [3.63, 3.8) is 0 Å². The molecule has 0 aliphatic carbocycles. The van der Waals surface area contributed by atoms with Crippen molar-refractivity contribution in [3.8, 4) is 0 Å². The van der Waals surface area contributed by atoms with Gasteiger partial charge in [0.05, 0.1) is 29.7 Å². The number of nitrogens with zero attached hydrogens (tertiary/aromatic N) is 2. The third kappa shape index (κ3) is 3.37. The molecule has 0 unspecified atom stereocenters. The first-order valence-electron chi connectivity index (χ1n) is 10.1. The van der Waals surface area contributed by atoms with Crippen LogP contribution < -0.4 is 10.3 Å². The Balaban J connectivity index is 1.77. The van der Waals surface area contributed by atoms with Crippen LogP contribution in [0.3, 0.4) is 0 Å². The van der Waals surface area contributed by atoms with Crippen molar-refractivity contribution in [2.24, 2.45) is 0 Å². The van der Waals surface area contributed by atoms with Crippen LogP contribution in [-0.4, -0.2) is 24.0 Å². The van der Waals surface area contributed by atoms with Gasteiger partial charge in [-0.3, -0.25) is 14.5 Å². The number of benzene rings is 2. The van der Waals surface area contributed by atoms with Crippen molar-refractivity contribution in [3.05, 3.63) is 104 Å². The number of methoxy groups -OCH3 is 1. The number of aryl methyl sites for hydroxylation is 1. The van der Waals surface area contributed by atoms with Gasteiger partial charge in [-0.1, -0.05) is 29.8 Å². The van der Waals surface area contributed by atoms with Crippen molar-refractivity contribution < 1.29 is 18.7 Å². The number of pyridine rings is 1. The van der Waals surface area contributed by atoms with E-state index >= 15 is 0 Å². The number of aromatic nitrogens is 1. The molecule has 2 aromatic heterocycles. The zero-order chi connectivity index (χ0) is 23.3. The molecule has 7 nitrogen and oxygen atoms in total. The van der Waals surface area contributed by atoms with Crippen LogP contribution in [0.25, 0.3) is 11.0 Å². The average Bonchev–Trinajstić information content (AvgIpc) is 3.11. The van der Waals surface area contributed by atoms with Crippen LogP contribution in [0, 0.1) is 6.92 Å². The van der Waals surface area contributed by atoms with E-state index in [-0.39, 0.29) is 27.7 Å². The summed E-state index contributed by atoms with van der Waals surface area (Å²) in [6.45, 7) is 1.82. The number of hydrogen-bond acceptors (Lipinski definition) is 6. The lowest BCUT2D eigenvalue weighted by Crippen LogP contribution is -2.30. The number of carbonyl (C=O) groups is 2. The summed E-state index contributed by atoms with van der Waals surface area (Å²) in [5, 5.41) is 0.666. The molecule has 1 atom stereocenters. The summed E-state index contributed by atoms with van der Waals surface area (Å²) in [5.41, 5.74) is 1.81. The Kier molecular flexibility index (Phi) is 4.98. The van der Waals surface area contributed by atoms with Crippen LogP contribution in [0.2, 0.25) is 5.02 Å². The monoisotopic (exact) mass is 460 g/mol. The fraction of sp³-hybridized carbons (Fsp3) is 0.120. The zero-order valence-electron chi connectivity index (χ0n) is 17.7. The quantitative estimate of drug-likeness (QED) is 0.412. The fourth-order valence-corrected chi connectivity index (χ4v) is 4.25. The Morgan fingerprint density at radius 3 is 2.55 bits per heavy atom. The van der Waals surface area contributed by atoms with Gasteiger partial charge in [-0.2, -0.15) is 0 Å². The van der Waals surface area contributed by atoms with Crippen molar-refractivity contribution in [1.82, 2.24) is 4.98 Å². The number of fused-ring (bicyclic) bond motifs is 2. The van der Waals surface area contributed by atoms with Crippen molar-refractivity contribution >= 4 is 40.3 Å². The Hall–Kier alpha value is -3.97. The van der Waals surface area contributed by atoms with Gasteiger partial charge in [0.25, 0.3) is 5.91 Å². The Bertz CT molecular complexity index is 1490. The molecule has 0 bridgehead atoms. The van der Waals surface area contributed by atoms with Crippen LogP contribution in [-0.2, 0) is 4.74 Å². The lowest BCUT2D eigenvalue weighted by molar-refractivity contribution is 0.0600. The second kappa shape index (κ2) is 7.86. The summed E-state index contributed by atoms with van der Waals surface area (Å²) in [6.07, 6.45) is 0. The van der Waals surface area contributed by atoms with E-state index in [0.29, 0.717) is 27.7 Å². The molecule has 1 aliphatic rings. The van der Waals surface area contributed by atoms with E-state index in [1.165, 1.54) is 18.1 Å². The van der Waals surface area contributed by atoms with Crippen LogP contribution >= 0.6 is 11.6 Å². The van der Waals surface area contributed by atoms with E-state index in [1.807, 2.05) is 13.0 Å². The van der Waals surface area contributed by atoms with E-state index in [0.717, 1.165) is 0 Å². The third-order valence-corrected chi connectivity index (χ3v) is 5.84. The van der Waals surface area contributed by atoms with Crippen LogP contribution in [0.4, 0.5) is 5.82 Å². The first-order chi connectivity index (χ1) is 15.9. The third-order valence-electron chi connectivity index (χ3n) is 5.60. The van der Waals surface area contributed by atoms with E-state index in [9.17, 15) is 14.4 Å². The molecule has 164 valence electrons. The first kappa shape index (κ1) is 20.9. The number of amides is 1. The van der Waals surface area contributed by atoms with E-state index < -0.39 is 17.9 Å². The molecule has 2 aromatic carbocycles. The van der Waals surface area contributed by atoms with Gasteiger partial charge in [-0.05, 0) is 55.0 Å². The molecule has 8 heteroatoms. The fourth-order valence-electron chi connectivity index (χ4n) is 4.08. The minimum absolute atomic E-state index is 0.0415. The molecule has 0 saturated heterocycles. The Morgan fingerprint density at radius 1 is 1.09 bits per heavy atom. The standard InChI is InChI=1S/C25H17ClN2O5/c1-13-4-3-5-19(27-13)28-21(14-6-8-15(9-7-14)25(31)32-2)20-22(29)17-12-16(26)10-11-18(17)33-23(20)24(28)30/h3-12,21H,1-2H3/t21-/m1/s1. The lowest BCUT2D eigenvalue weighted by Gasteiger charge is -2.24. The molecule has 5 rings (SSSR count). The molecule has 0 spiro atoms. The molecule has 0 radical (unpaired) electrons. The number of esters is 1. The summed E-state index contributed by atoms with van der Waals surface area (Å²) in [6, 6.07) is 15.7. The van der Waals surface area contributed by atoms with Gasteiger partial charge in [0.2, 0.25) is 5.76 Å². The maximum absolute atomic E-state index is 13.6. The first-order valence-corrected chi connectivity index (χ1v) is 10.5. The number of hydrogen-bond donors (Lipinski definition) is 0. The molecule has 0 saturated carbocycles. The van der Waals surface area contributed by atoms with Gasteiger partial charge in [-0.25, -0.2) is 9.78 Å². The van der Waals surface area contributed by atoms with Gasteiger partial charge in [0.1, 0.15) is 11.4 Å². The predicted octanol–water partition coefficient (Wildman–Crippen LogP) is 4.69. The Labute approximate surface area is 193 Å². The summed E-state index contributed by atoms with van der Waals surface area (Å²) in [7, 11) is 1.30. The minimum Gasteiger partial charge on any atom is -0.465 e. The number of carbonyl (C=O) groups excluding carboxylic acids is 2. The maximum Gasteiger partial charge on any atom is 0.337 e. The van der Waals surface area contributed by atoms with E-state index in [2.05, 4.69) is 4.98 Å². The zero-order valence-corrected chi connectivity index (χ0v) is 18.4. The highest BCUT2D eigenvalue weighted by Gasteiger charge is 2.44. The largest absolute Gasteiger partial charge is 0.465 e. The summed E-state index contributed by atoms with van der Waals surface area (Å²) in [4.78, 5) is 44.9. The highest BCUT2D eigenvalue weighted by Crippen LogP contribution is 2.40. The highest BCUT2D eigenvalue weighted by molar-refractivity contribution is 6.31. The van der Waals surface area contributed by atoms with E-state index in [4.69, 9.17) is 20.8 Å². The van der Waals surface area contributed by atoms with Crippen LogP contribution in [0.15, 0.2) is 69.9 Å². The van der Waals surface area contributed by atoms with Gasteiger partial charge in [0.15, 0.2) is 5.43 Å². The topological polar surface area (TPSA) is 89.7 Å². The van der Waals surface area contributed by atoms with Crippen molar-refractivity contribution in [2.75, 3.05) is 12.0 Å². The smallest absolute Gasteiger partial charge is 0.337 e. The molecule has 33 heavy (non-hydrogen) atoms. The molecule has 0 fully saturated rings. The molecular weight excluding hydrogens is 444 g/mol. The van der Waals surface area contributed by atoms with Crippen LogP contribution in [0.1, 0.15) is 43.8 Å². The maximum atomic E-state index is 13.6. The Morgan fingerprint density at radius 2 is 1.85 bits per heavy atom. The van der Waals surface area contributed by atoms with Crippen LogP contribution in [0.5, 0.6) is 0 Å². The molecule has 3 heterocycles. The molecular formula is C25H17ClN2O5. The SMILES string of the molecule is COC(=O)c1ccc([C@@H]2c3c(oc4ccc(Cl)cc4c3=O)C(=O)N2c2cccc(C)n2)cc1. The normalized spacial score (nSPS) is 15.1. The number of anilines is 1. The minimum atomic E-state index is -0.798. The summed E-state index contributed by atoms with van der Waals surface area (Å²) < 4.78 is 10.7. The highest BCUT2D eigenvalue weighted by atomic mass is 35.5.